The number of hydrogen-bond donors (Lipinski definition) is 1. The Labute approximate surface area is 99.1 Å². The molecular weight excluding hydrogens is 198 g/mol. The molecule has 2 heteroatoms. The zero-order valence-corrected chi connectivity index (χ0v) is 10.3. The van der Waals surface area contributed by atoms with E-state index in [1.165, 1.54) is 38.8 Å². The number of hydrogen-bond acceptors (Lipinski definition) is 2. The third kappa shape index (κ3) is 2.43. The highest BCUT2D eigenvalue weighted by Gasteiger charge is 2.38. The number of fused-ring (bicyclic) bond motifs is 2. The molecule has 3 fully saturated rings. The average Bonchev–Trinajstić information content (AvgIpc) is 3.01. The molecule has 0 spiro atoms. The van der Waals surface area contributed by atoms with Crippen LogP contribution < -0.4 is 5.32 Å². The summed E-state index contributed by atoms with van der Waals surface area (Å²) >= 11 is 0. The van der Waals surface area contributed by atoms with Gasteiger partial charge in [-0.1, -0.05) is 6.42 Å². The molecule has 3 aliphatic rings. The van der Waals surface area contributed by atoms with Crippen LogP contribution in [0, 0.1) is 23.7 Å². The quantitative estimate of drug-likeness (QED) is 0.723. The van der Waals surface area contributed by atoms with Crippen molar-refractivity contribution in [3.05, 3.63) is 0 Å². The van der Waals surface area contributed by atoms with E-state index in [1.807, 2.05) is 0 Å². The minimum atomic E-state index is 0.792. The van der Waals surface area contributed by atoms with Gasteiger partial charge in [0.15, 0.2) is 0 Å². The van der Waals surface area contributed by atoms with E-state index >= 15 is 0 Å². The number of nitrogens with one attached hydrogen (secondary N) is 1. The lowest BCUT2D eigenvalue weighted by atomic mass is 9.86. The summed E-state index contributed by atoms with van der Waals surface area (Å²) in [6, 6.07) is 0. The van der Waals surface area contributed by atoms with E-state index in [2.05, 4.69) is 5.32 Å². The van der Waals surface area contributed by atoms with Gasteiger partial charge in [0.2, 0.25) is 0 Å². The van der Waals surface area contributed by atoms with Gasteiger partial charge in [-0.2, -0.15) is 0 Å². The topological polar surface area (TPSA) is 21.3 Å². The molecule has 0 aromatic heterocycles. The van der Waals surface area contributed by atoms with Gasteiger partial charge in [0.1, 0.15) is 0 Å². The van der Waals surface area contributed by atoms with Gasteiger partial charge in [-0.05, 0) is 62.3 Å². The molecule has 92 valence electrons. The van der Waals surface area contributed by atoms with Gasteiger partial charge < -0.3 is 10.1 Å². The first kappa shape index (κ1) is 11.0. The summed E-state index contributed by atoms with van der Waals surface area (Å²) in [5.74, 6) is 4.06. The molecule has 1 heterocycles. The highest BCUT2D eigenvalue weighted by molar-refractivity contribution is 4.90. The van der Waals surface area contributed by atoms with Gasteiger partial charge in [0.05, 0.1) is 6.61 Å². The fourth-order valence-electron chi connectivity index (χ4n) is 4.07. The Bertz CT molecular complexity index is 225. The first-order valence-electron chi connectivity index (χ1n) is 7.20. The Kier molecular flexibility index (Phi) is 3.49. The van der Waals surface area contributed by atoms with Gasteiger partial charge >= 0.3 is 0 Å². The Balaban J connectivity index is 1.29. The molecule has 2 aliphatic carbocycles. The van der Waals surface area contributed by atoms with Gasteiger partial charge in [-0.15, -0.1) is 0 Å². The van der Waals surface area contributed by atoms with Crippen molar-refractivity contribution in [2.24, 2.45) is 23.7 Å². The van der Waals surface area contributed by atoms with Crippen molar-refractivity contribution in [2.45, 2.75) is 38.5 Å². The zero-order valence-electron chi connectivity index (χ0n) is 10.3. The minimum absolute atomic E-state index is 0.792. The molecule has 4 unspecified atom stereocenters. The van der Waals surface area contributed by atoms with Crippen molar-refractivity contribution in [2.75, 3.05) is 26.3 Å². The number of ether oxygens (including phenoxy) is 1. The predicted molar refractivity (Wildman–Crippen MR) is 65.4 cm³/mol. The van der Waals surface area contributed by atoms with Crippen LogP contribution in [0.4, 0.5) is 0 Å². The Morgan fingerprint density at radius 1 is 1.12 bits per heavy atom. The average molecular weight is 223 g/mol. The predicted octanol–water partition coefficient (Wildman–Crippen LogP) is 2.44. The third-order valence-electron chi connectivity index (χ3n) is 5.03. The van der Waals surface area contributed by atoms with Crippen LogP contribution in [0.25, 0.3) is 0 Å². The van der Waals surface area contributed by atoms with Crippen molar-refractivity contribution in [1.29, 1.82) is 0 Å². The Morgan fingerprint density at radius 2 is 2.12 bits per heavy atom. The van der Waals surface area contributed by atoms with Crippen molar-refractivity contribution in [3.8, 4) is 0 Å². The smallest absolute Gasteiger partial charge is 0.0507 e. The van der Waals surface area contributed by atoms with E-state index < -0.39 is 0 Å². The van der Waals surface area contributed by atoms with Crippen LogP contribution in [0.2, 0.25) is 0 Å². The first-order chi connectivity index (χ1) is 7.92. The molecule has 3 rings (SSSR count). The van der Waals surface area contributed by atoms with Crippen LogP contribution >= 0.6 is 0 Å². The summed E-state index contributed by atoms with van der Waals surface area (Å²) in [6.45, 7) is 4.39. The number of rotatable bonds is 5. The first-order valence-corrected chi connectivity index (χ1v) is 7.20. The van der Waals surface area contributed by atoms with Gasteiger partial charge in [-0.25, -0.2) is 0 Å². The maximum Gasteiger partial charge on any atom is 0.0507 e. The van der Waals surface area contributed by atoms with Crippen LogP contribution in [-0.2, 0) is 4.74 Å². The van der Waals surface area contributed by atoms with Gasteiger partial charge in [0.25, 0.3) is 0 Å². The van der Waals surface area contributed by atoms with Crippen molar-refractivity contribution in [3.63, 3.8) is 0 Å². The van der Waals surface area contributed by atoms with Crippen molar-refractivity contribution < 1.29 is 4.74 Å². The highest BCUT2D eigenvalue weighted by atomic mass is 16.5. The van der Waals surface area contributed by atoms with E-state index in [1.54, 1.807) is 12.8 Å². The summed E-state index contributed by atoms with van der Waals surface area (Å²) in [7, 11) is 0. The molecule has 4 atom stereocenters. The summed E-state index contributed by atoms with van der Waals surface area (Å²) in [4.78, 5) is 0. The lowest BCUT2D eigenvalue weighted by Gasteiger charge is -2.21. The standard InChI is InChI=1S/C14H25NO/c1-2-13-7-11(1)8-14(13)3-5-15-9-12-4-6-16-10-12/h11-15H,1-10H2. The third-order valence-corrected chi connectivity index (χ3v) is 5.03. The van der Waals surface area contributed by atoms with E-state index in [-0.39, 0.29) is 0 Å². The molecule has 1 saturated heterocycles. The Morgan fingerprint density at radius 3 is 2.81 bits per heavy atom. The normalized spacial score (nSPS) is 42.0. The fraction of sp³-hybridized carbons (Fsp3) is 1.00. The van der Waals surface area contributed by atoms with E-state index in [4.69, 9.17) is 4.74 Å². The minimum Gasteiger partial charge on any atom is -0.381 e. The molecule has 2 bridgehead atoms. The molecular formula is C14H25NO. The van der Waals surface area contributed by atoms with E-state index in [0.29, 0.717) is 0 Å². The molecule has 0 aromatic carbocycles. The summed E-state index contributed by atoms with van der Waals surface area (Å²) in [5, 5.41) is 3.63. The maximum atomic E-state index is 5.39. The molecule has 2 nitrogen and oxygen atoms in total. The molecule has 1 aliphatic heterocycles. The van der Waals surface area contributed by atoms with Crippen LogP contribution in [0.1, 0.15) is 38.5 Å². The van der Waals surface area contributed by atoms with Crippen molar-refractivity contribution in [1.82, 2.24) is 5.32 Å². The van der Waals surface area contributed by atoms with Gasteiger partial charge in [0, 0.05) is 13.2 Å². The van der Waals surface area contributed by atoms with E-state index in [0.717, 1.165) is 36.9 Å². The molecule has 0 radical (unpaired) electrons. The summed E-state index contributed by atoms with van der Waals surface area (Å²) in [6.07, 6.45) is 8.86. The second-order valence-electron chi connectivity index (χ2n) is 6.16. The lowest BCUT2D eigenvalue weighted by Crippen LogP contribution is -2.26. The van der Waals surface area contributed by atoms with Crippen LogP contribution in [0.5, 0.6) is 0 Å². The van der Waals surface area contributed by atoms with Crippen LogP contribution in [0.15, 0.2) is 0 Å². The largest absolute Gasteiger partial charge is 0.381 e. The SMILES string of the molecule is C(CC1CC2CCC1C2)NCC1CCOC1. The van der Waals surface area contributed by atoms with E-state index in [9.17, 15) is 0 Å². The molecule has 2 saturated carbocycles. The fourth-order valence-corrected chi connectivity index (χ4v) is 4.07. The highest BCUT2D eigenvalue weighted by Crippen LogP contribution is 2.49. The second-order valence-corrected chi connectivity index (χ2v) is 6.16. The monoisotopic (exact) mass is 223 g/mol. The maximum absolute atomic E-state index is 5.39. The molecule has 0 amide bonds. The lowest BCUT2D eigenvalue weighted by molar-refractivity contribution is 0.185. The molecule has 0 aromatic rings. The summed E-state index contributed by atoms with van der Waals surface area (Å²) in [5.41, 5.74) is 0. The Hall–Kier alpha value is -0.0800. The van der Waals surface area contributed by atoms with Crippen molar-refractivity contribution >= 4 is 0 Å². The zero-order chi connectivity index (χ0) is 10.8. The summed E-state index contributed by atoms with van der Waals surface area (Å²) < 4.78 is 5.39. The van der Waals surface area contributed by atoms with Gasteiger partial charge in [-0.3, -0.25) is 0 Å². The second kappa shape index (κ2) is 5.05. The van der Waals surface area contributed by atoms with Crippen LogP contribution in [0.3, 0.4) is 0 Å². The van der Waals surface area contributed by atoms with Crippen LogP contribution in [-0.4, -0.2) is 26.3 Å². The molecule has 16 heavy (non-hydrogen) atoms. The molecule has 1 N–H and O–H groups in total.